The zero-order chi connectivity index (χ0) is 49.9. The van der Waals surface area contributed by atoms with Gasteiger partial charge in [0, 0.05) is 58.4 Å². The van der Waals surface area contributed by atoms with Crippen LogP contribution in [-0.2, 0) is 5.41 Å². The first-order valence-electron chi connectivity index (χ1n) is 25.6. The summed E-state index contributed by atoms with van der Waals surface area (Å²) < 4.78 is 15.4. The fraction of sp³-hybridized carbons (Fsp3) is 0.0143. The number of aromatic nitrogens is 3. The van der Waals surface area contributed by atoms with Crippen molar-refractivity contribution in [3.8, 4) is 67.5 Å². The van der Waals surface area contributed by atoms with E-state index in [1.807, 2.05) is 30.3 Å². The third kappa shape index (κ3) is 6.41. The molecule has 4 aromatic heterocycles. The summed E-state index contributed by atoms with van der Waals surface area (Å²) in [6.07, 6.45) is 0. The lowest BCUT2D eigenvalue weighted by Gasteiger charge is -2.34. The quantitative estimate of drug-likeness (QED) is 0.159. The molecule has 0 atom stereocenters. The molecule has 15 aromatic rings. The van der Waals surface area contributed by atoms with Crippen molar-refractivity contribution in [2.45, 2.75) is 5.41 Å². The minimum absolute atomic E-state index is 0.465. The normalized spacial score (nSPS) is 12.8. The maximum atomic E-state index is 6.64. The van der Waals surface area contributed by atoms with Gasteiger partial charge in [0.1, 0.15) is 22.3 Å². The van der Waals surface area contributed by atoms with Crippen LogP contribution in [0.25, 0.3) is 132 Å². The van der Waals surface area contributed by atoms with Gasteiger partial charge in [0.2, 0.25) is 0 Å². The molecule has 0 bridgehead atoms. The van der Waals surface area contributed by atoms with Crippen LogP contribution < -0.4 is 0 Å². The highest BCUT2D eigenvalue weighted by Crippen LogP contribution is 2.57. The number of thiophene rings is 1. The lowest BCUT2D eigenvalue weighted by molar-refractivity contribution is 0.668. The predicted octanol–water partition coefficient (Wildman–Crippen LogP) is 18.7. The Labute approximate surface area is 440 Å². The molecule has 11 aromatic carbocycles. The van der Waals surface area contributed by atoms with Crippen LogP contribution in [0.2, 0.25) is 0 Å². The van der Waals surface area contributed by atoms with Crippen LogP contribution in [-0.4, -0.2) is 15.0 Å². The average Bonchev–Trinajstić information content (AvgIpc) is 4.37. The van der Waals surface area contributed by atoms with E-state index < -0.39 is 5.41 Å². The number of fused-ring (bicyclic) bond motifs is 12. The highest BCUT2D eigenvalue weighted by molar-refractivity contribution is 7.25. The first-order chi connectivity index (χ1) is 37.6. The second-order valence-corrected chi connectivity index (χ2v) is 20.8. The minimum atomic E-state index is -0.465. The number of furan rings is 2. The molecule has 16 rings (SSSR count). The summed E-state index contributed by atoms with van der Waals surface area (Å²) in [6, 6.07) is 88.9. The molecular weight excluding hydrogens is 947 g/mol. The van der Waals surface area contributed by atoms with Gasteiger partial charge in [-0.25, -0.2) is 15.0 Å². The topological polar surface area (TPSA) is 65.0 Å². The Morgan fingerprint density at radius 1 is 0.289 bits per heavy atom. The van der Waals surface area contributed by atoms with E-state index in [0.29, 0.717) is 17.5 Å². The fourth-order valence-corrected chi connectivity index (χ4v) is 13.4. The van der Waals surface area contributed by atoms with Gasteiger partial charge in [-0.05, 0) is 110 Å². The van der Waals surface area contributed by atoms with Crippen LogP contribution >= 0.6 is 11.3 Å². The van der Waals surface area contributed by atoms with E-state index in [2.05, 4.69) is 218 Å². The molecule has 0 saturated carbocycles. The Morgan fingerprint density at radius 3 is 1.61 bits per heavy atom. The molecule has 6 heteroatoms. The van der Waals surface area contributed by atoms with Gasteiger partial charge in [0.25, 0.3) is 0 Å². The summed E-state index contributed by atoms with van der Waals surface area (Å²) in [4.78, 5) is 16.0. The zero-order valence-corrected chi connectivity index (χ0v) is 41.6. The van der Waals surface area contributed by atoms with Crippen molar-refractivity contribution in [1.82, 2.24) is 15.0 Å². The predicted molar refractivity (Wildman–Crippen MR) is 312 cm³/mol. The smallest absolute Gasteiger partial charge is 0.164 e. The third-order valence-electron chi connectivity index (χ3n) is 15.7. The number of para-hydroxylation sites is 1. The minimum Gasteiger partial charge on any atom is -0.456 e. The summed E-state index contributed by atoms with van der Waals surface area (Å²) in [6.45, 7) is 0. The SMILES string of the molecule is c1ccc(C2(c3ccccc3)c3ccccc3-c3ccc(-c4ccc(-c5ccc6oc7cccc(-c8nc(-c9ccc%10c(c9)oc9ccccc9%10)nc(-c9cccc%10sc%11ccccc%11c9%10)n8)c7c6c5)cc4)cc32)cc1. The summed E-state index contributed by atoms with van der Waals surface area (Å²) in [7, 11) is 0. The van der Waals surface area contributed by atoms with E-state index in [9.17, 15) is 0 Å². The van der Waals surface area contributed by atoms with Gasteiger partial charge in [-0.1, -0.05) is 194 Å². The maximum absolute atomic E-state index is 6.64. The zero-order valence-electron chi connectivity index (χ0n) is 40.7. The summed E-state index contributed by atoms with van der Waals surface area (Å²) >= 11 is 1.78. The Morgan fingerprint density at radius 2 is 0.816 bits per heavy atom. The van der Waals surface area contributed by atoms with Crippen LogP contribution in [0, 0.1) is 0 Å². The maximum Gasteiger partial charge on any atom is 0.164 e. The van der Waals surface area contributed by atoms with Crippen molar-refractivity contribution < 1.29 is 8.83 Å². The number of rotatable bonds is 7. The van der Waals surface area contributed by atoms with Crippen LogP contribution in [0.15, 0.2) is 258 Å². The van der Waals surface area contributed by atoms with E-state index in [0.717, 1.165) is 82.6 Å². The number of benzene rings is 11. The molecule has 5 nitrogen and oxygen atoms in total. The Hall–Kier alpha value is -9.75. The molecule has 0 unspecified atom stereocenters. The van der Waals surface area contributed by atoms with Crippen LogP contribution in [0.4, 0.5) is 0 Å². The van der Waals surface area contributed by atoms with Gasteiger partial charge in [-0.3, -0.25) is 0 Å². The molecule has 4 heterocycles. The average molecular weight is 988 g/mol. The van der Waals surface area contributed by atoms with Crippen molar-refractivity contribution in [2.24, 2.45) is 0 Å². The lowest BCUT2D eigenvalue weighted by Crippen LogP contribution is -2.28. The molecular formula is C70H41N3O2S. The molecule has 0 saturated heterocycles. The molecule has 0 aliphatic heterocycles. The van der Waals surface area contributed by atoms with Gasteiger partial charge in [-0.2, -0.15) is 0 Å². The number of hydrogen-bond acceptors (Lipinski definition) is 6. The standard InChI is InChI=1S/C70H41N3O2S/c1-3-15-47(16-4-1)70(48-17-5-2-6-18-48)57-24-10-7-19-49(57)50-36-33-45(40-58(50)70)43-31-29-42(30-32-43)44-35-38-60-56(39-44)65-54(22-13-26-61(65)74-60)68-71-67(46-34-37-52-51-20-8-11-25-59(51)75-62(52)41-46)72-69(73-68)55-23-14-28-64-66(55)53-21-9-12-27-63(53)76-64/h1-41H. The highest BCUT2D eigenvalue weighted by atomic mass is 32.1. The molecule has 1 aliphatic carbocycles. The van der Waals surface area contributed by atoms with Gasteiger partial charge in [0.05, 0.1) is 5.41 Å². The van der Waals surface area contributed by atoms with Gasteiger partial charge < -0.3 is 8.83 Å². The summed E-state index contributed by atoms with van der Waals surface area (Å²) in [5.74, 6) is 1.72. The Kier molecular flexibility index (Phi) is 9.35. The molecule has 354 valence electrons. The van der Waals surface area contributed by atoms with Gasteiger partial charge in [-0.15, -0.1) is 11.3 Å². The molecule has 0 N–H and O–H groups in total. The van der Waals surface area contributed by atoms with E-state index >= 15 is 0 Å². The van der Waals surface area contributed by atoms with Crippen LogP contribution in [0.1, 0.15) is 22.3 Å². The van der Waals surface area contributed by atoms with Crippen molar-refractivity contribution in [2.75, 3.05) is 0 Å². The van der Waals surface area contributed by atoms with Crippen molar-refractivity contribution >= 4 is 75.4 Å². The monoisotopic (exact) mass is 987 g/mol. The van der Waals surface area contributed by atoms with E-state index in [1.165, 1.54) is 53.7 Å². The van der Waals surface area contributed by atoms with E-state index in [4.69, 9.17) is 23.8 Å². The summed E-state index contributed by atoms with van der Waals surface area (Å²) in [5.41, 5.74) is 17.6. The molecule has 0 amide bonds. The number of hydrogen-bond donors (Lipinski definition) is 0. The van der Waals surface area contributed by atoms with Crippen LogP contribution in [0.3, 0.4) is 0 Å². The van der Waals surface area contributed by atoms with E-state index in [1.54, 1.807) is 11.3 Å². The second-order valence-electron chi connectivity index (χ2n) is 19.7. The van der Waals surface area contributed by atoms with Gasteiger partial charge >= 0.3 is 0 Å². The first-order valence-corrected chi connectivity index (χ1v) is 26.5. The second kappa shape index (κ2) is 16.6. The highest BCUT2D eigenvalue weighted by Gasteiger charge is 2.46. The van der Waals surface area contributed by atoms with Crippen molar-refractivity contribution in [3.63, 3.8) is 0 Å². The fourth-order valence-electron chi connectivity index (χ4n) is 12.2. The molecule has 0 spiro atoms. The van der Waals surface area contributed by atoms with Gasteiger partial charge in [0.15, 0.2) is 17.5 Å². The van der Waals surface area contributed by atoms with Crippen molar-refractivity contribution in [1.29, 1.82) is 0 Å². The molecule has 0 radical (unpaired) electrons. The van der Waals surface area contributed by atoms with Crippen molar-refractivity contribution in [3.05, 3.63) is 271 Å². The largest absolute Gasteiger partial charge is 0.456 e. The molecule has 0 fully saturated rings. The molecule has 1 aliphatic rings. The third-order valence-corrected chi connectivity index (χ3v) is 16.8. The van der Waals surface area contributed by atoms with E-state index in [-0.39, 0.29) is 0 Å². The summed E-state index contributed by atoms with van der Waals surface area (Å²) in [5, 5.41) is 6.38. The molecule has 76 heavy (non-hydrogen) atoms. The lowest BCUT2D eigenvalue weighted by atomic mass is 9.67. The Balaban J connectivity index is 0.822. The number of nitrogens with zero attached hydrogens (tertiary/aromatic N) is 3. The van der Waals surface area contributed by atoms with Crippen LogP contribution in [0.5, 0.6) is 0 Å². The first kappa shape index (κ1) is 42.7. The Bertz CT molecular complexity index is 4780.